The van der Waals surface area contributed by atoms with Gasteiger partial charge in [-0.3, -0.25) is 4.90 Å². The number of hydrogen-bond acceptors (Lipinski definition) is 7. The van der Waals surface area contributed by atoms with Crippen LogP contribution in [0.15, 0.2) is 57.7 Å². The first-order chi connectivity index (χ1) is 16.8. The van der Waals surface area contributed by atoms with Crippen molar-refractivity contribution in [2.24, 2.45) is 5.92 Å². The standard InChI is InChI=1S/C27H35N3O4/c31-23(19-32-20-24-10-7-15-33-24)17-29(16-21-11-12-21)18-25-26(22-8-3-1-4-9-22)28-34-27(25)30-13-5-2-6-14-30/h1,3-4,7-10,15,21,23,31H,2,5-6,11-14,16-20H2/t23-/m0/s1. The molecule has 0 amide bonds. The molecule has 1 N–H and O–H groups in total. The third kappa shape index (κ3) is 6.09. The monoisotopic (exact) mass is 465 g/mol. The highest BCUT2D eigenvalue weighted by molar-refractivity contribution is 5.68. The van der Waals surface area contributed by atoms with E-state index in [0.29, 0.717) is 25.6 Å². The minimum atomic E-state index is -0.577. The minimum Gasteiger partial charge on any atom is -0.467 e. The van der Waals surface area contributed by atoms with E-state index in [1.807, 2.05) is 30.3 Å². The molecule has 34 heavy (non-hydrogen) atoms. The number of nitrogens with zero attached hydrogens (tertiary/aromatic N) is 3. The lowest BCUT2D eigenvalue weighted by atomic mass is 10.1. The maximum Gasteiger partial charge on any atom is 0.232 e. The lowest BCUT2D eigenvalue weighted by molar-refractivity contribution is 0.00319. The molecule has 1 saturated heterocycles. The third-order valence-electron chi connectivity index (χ3n) is 6.66. The number of hydrogen-bond donors (Lipinski definition) is 1. The molecule has 0 radical (unpaired) electrons. The van der Waals surface area contributed by atoms with E-state index >= 15 is 0 Å². The first-order valence-electron chi connectivity index (χ1n) is 12.6. The average molecular weight is 466 g/mol. The fraction of sp³-hybridized carbons (Fsp3) is 0.519. The van der Waals surface area contributed by atoms with E-state index < -0.39 is 6.10 Å². The molecule has 3 aromatic rings. The number of aromatic nitrogens is 1. The van der Waals surface area contributed by atoms with Crippen LogP contribution < -0.4 is 4.90 Å². The van der Waals surface area contributed by atoms with Gasteiger partial charge in [0.2, 0.25) is 5.88 Å². The zero-order chi connectivity index (χ0) is 23.2. The van der Waals surface area contributed by atoms with Gasteiger partial charge in [-0.25, -0.2) is 0 Å². The molecular weight excluding hydrogens is 430 g/mol. The van der Waals surface area contributed by atoms with Gasteiger partial charge in [0, 0.05) is 38.3 Å². The van der Waals surface area contributed by atoms with Gasteiger partial charge in [0.1, 0.15) is 18.1 Å². The van der Waals surface area contributed by atoms with Gasteiger partial charge in [0.25, 0.3) is 0 Å². The first-order valence-corrected chi connectivity index (χ1v) is 12.6. The van der Waals surface area contributed by atoms with Crippen molar-refractivity contribution >= 4 is 5.88 Å². The van der Waals surface area contributed by atoms with Crippen molar-refractivity contribution in [1.29, 1.82) is 0 Å². The second kappa shape index (κ2) is 11.2. The molecule has 1 aliphatic carbocycles. The van der Waals surface area contributed by atoms with Crippen molar-refractivity contribution in [3.05, 3.63) is 60.1 Å². The lowest BCUT2D eigenvalue weighted by Crippen LogP contribution is -2.37. The third-order valence-corrected chi connectivity index (χ3v) is 6.66. The Morgan fingerprint density at radius 3 is 2.65 bits per heavy atom. The van der Waals surface area contributed by atoms with Gasteiger partial charge in [-0.1, -0.05) is 35.5 Å². The summed E-state index contributed by atoms with van der Waals surface area (Å²) in [5.41, 5.74) is 3.10. The quantitative estimate of drug-likeness (QED) is 0.415. The predicted molar refractivity (Wildman–Crippen MR) is 130 cm³/mol. The van der Waals surface area contributed by atoms with E-state index in [-0.39, 0.29) is 6.61 Å². The van der Waals surface area contributed by atoms with Crippen LogP contribution in [0.25, 0.3) is 11.3 Å². The Bertz CT molecular complexity index is 994. The van der Waals surface area contributed by atoms with Crippen molar-refractivity contribution in [3.63, 3.8) is 0 Å². The maximum absolute atomic E-state index is 10.8. The van der Waals surface area contributed by atoms with Crippen molar-refractivity contribution in [3.8, 4) is 11.3 Å². The number of furan rings is 1. The Balaban J connectivity index is 1.31. The molecule has 7 nitrogen and oxygen atoms in total. The maximum atomic E-state index is 10.8. The molecule has 1 aliphatic heterocycles. The number of aliphatic hydroxyl groups excluding tert-OH is 1. The Morgan fingerprint density at radius 2 is 1.91 bits per heavy atom. The summed E-state index contributed by atoms with van der Waals surface area (Å²) >= 11 is 0. The largest absolute Gasteiger partial charge is 0.467 e. The second-order valence-corrected chi connectivity index (χ2v) is 9.61. The van der Waals surface area contributed by atoms with Crippen LogP contribution in [0.4, 0.5) is 5.88 Å². The number of aliphatic hydroxyl groups is 1. The van der Waals surface area contributed by atoms with Gasteiger partial charge in [-0.2, -0.15) is 0 Å². The number of rotatable bonds is 12. The second-order valence-electron chi connectivity index (χ2n) is 9.61. The molecule has 1 aromatic carbocycles. The van der Waals surface area contributed by atoms with Crippen LogP contribution in [-0.4, -0.2) is 54.1 Å². The van der Waals surface area contributed by atoms with Gasteiger partial charge in [-0.05, 0) is 50.2 Å². The Labute approximate surface area is 201 Å². The van der Waals surface area contributed by atoms with Crippen LogP contribution in [0, 0.1) is 5.92 Å². The molecule has 1 atom stereocenters. The Hall–Kier alpha value is -2.61. The van der Waals surface area contributed by atoms with E-state index in [0.717, 1.165) is 48.1 Å². The Kier molecular flexibility index (Phi) is 7.63. The highest BCUT2D eigenvalue weighted by Gasteiger charge is 2.29. The smallest absolute Gasteiger partial charge is 0.232 e. The van der Waals surface area contributed by atoms with E-state index in [2.05, 4.69) is 27.1 Å². The van der Waals surface area contributed by atoms with E-state index in [4.69, 9.17) is 13.7 Å². The molecule has 1 saturated carbocycles. The van der Waals surface area contributed by atoms with Gasteiger partial charge < -0.3 is 23.7 Å². The van der Waals surface area contributed by atoms with Crippen molar-refractivity contribution in [2.45, 2.75) is 51.4 Å². The summed E-state index contributed by atoms with van der Waals surface area (Å²) in [5.74, 6) is 2.36. The van der Waals surface area contributed by atoms with Crippen LogP contribution in [-0.2, 0) is 17.9 Å². The van der Waals surface area contributed by atoms with Crippen LogP contribution in [0.1, 0.15) is 43.4 Å². The van der Waals surface area contributed by atoms with E-state index in [1.165, 1.54) is 32.1 Å². The number of anilines is 1. The first kappa shape index (κ1) is 23.1. The highest BCUT2D eigenvalue weighted by atomic mass is 16.5. The van der Waals surface area contributed by atoms with Gasteiger partial charge in [0.05, 0.1) is 24.5 Å². The Morgan fingerprint density at radius 1 is 1.09 bits per heavy atom. The molecule has 2 fully saturated rings. The molecule has 2 aromatic heterocycles. The summed E-state index contributed by atoms with van der Waals surface area (Å²) in [5, 5.41) is 15.3. The van der Waals surface area contributed by atoms with Gasteiger partial charge in [0.15, 0.2) is 0 Å². The zero-order valence-electron chi connectivity index (χ0n) is 19.8. The number of piperidine rings is 1. The fourth-order valence-electron chi connectivity index (χ4n) is 4.75. The molecule has 182 valence electrons. The molecule has 5 rings (SSSR count). The van der Waals surface area contributed by atoms with Crippen LogP contribution in [0.2, 0.25) is 0 Å². The SMILES string of the molecule is O[C@H](COCc1ccco1)CN(Cc1c(-c2ccccc2)noc1N1CCCCC1)CC1CC1. The molecule has 0 unspecified atom stereocenters. The van der Waals surface area contributed by atoms with E-state index in [1.54, 1.807) is 6.26 Å². The normalized spacial score (nSPS) is 17.4. The number of benzene rings is 1. The number of ether oxygens (including phenoxy) is 1. The summed E-state index contributed by atoms with van der Waals surface area (Å²) in [6.45, 7) is 4.86. The van der Waals surface area contributed by atoms with Gasteiger partial charge in [-0.15, -0.1) is 0 Å². The lowest BCUT2D eigenvalue weighted by Gasteiger charge is -2.29. The predicted octanol–water partition coefficient (Wildman–Crippen LogP) is 4.71. The summed E-state index contributed by atoms with van der Waals surface area (Å²) < 4.78 is 17.0. The van der Waals surface area contributed by atoms with Gasteiger partial charge >= 0.3 is 0 Å². The van der Waals surface area contributed by atoms with Crippen LogP contribution in [0.3, 0.4) is 0 Å². The van der Waals surface area contributed by atoms with Crippen LogP contribution >= 0.6 is 0 Å². The molecule has 0 spiro atoms. The van der Waals surface area contributed by atoms with Crippen molar-refractivity contribution in [2.75, 3.05) is 37.7 Å². The fourth-order valence-corrected chi connectivity index (χ4v) is 4.75. The summed E-state index contributed by atoms with van der Waals surface area (Å²) in [4.78, 5) is 4.70. The summed E-state index contributed by atoms with van der Waals surface area (Å²) in [6, 6.07) is 14.0. The zero-order valence-corrected chi connectivity index (χ0v) is 19.8. The minimum absolute atomic E-state index is 0.274. The van der Waals surface area contributed by atoms with Crippen molar-refractivity contribution in [1.82, 2.24) is 10.1 Å². The topological polar surface area (TPSA) is 75.1 Å². The van der Waals surface area contributed by atoms with Crippen molar-refractivity contribution < 1.29 is 18.8 Å². The summed E-state index contributed by atoms with van der Waals surface area (Å²) in [7, 11) is 0. The molecule has 7 heteroatoms. The van der Waals surface area contributed by atoms with Crippen LogP contribution in [0.5, 0.6) is 0 Å². The molecule has 3 heterocycles. The highest BCUT2D eigenvalue weighted by Crippen LogP contribution is 2.35. The van der Waals surface area contributed by atoms with E-state index in [9.17, 15) is 5.11 Å². The molecule has 2 aliphatic rings. The average Bonchev–Trinajstić information content (AvgIpc) is 3.35. The summed E-state index contributed by atoms with van der Waals surface area (Å²) in [6.07, 6.45) is 7.20. The molecule has 0 bridgehead atoms. The molecular formula is C27H35N3O4.